The predicted molar refractivity (Wildman–Crippen MR) is 97.1 cm³/mol. The van der Waals surface area contributed by atoms with Crippen molar-refractivity contribution >= 4 is 22.2 Å². The van der Waals surface area contributed by atoms with Gasteiger partial charge in [-0.3, -0.25) is 9.67 Å². The van der Waals surface area contributed by atoms with E-state index in [4.69, 9.17) is 5.10 Å². The topological polar surface area (TPSA) is 43.6 Å². The third kappa shape index (κ3) is 2.01. The van der Waals surface area contributed by atoms with Crippen LogP contribution in [-0.2, 0) is 13.0 Å². The van der Waals surface area contributed by atoms with Gasteiger partial charge in [-0.05, 0) is 37.5 Å². The van der Waals surface area contributed by atoms with Gasteiger partial charge < -0.3 is 0 Å². The van der Waals surface area contributed by atoms with E-state index in [1.54, 1.807) is 11.3 Å². The van der Waals surface area contributed by atoms with Crippen molar-refractivity contribution in [1.29, 1.82) is 0 Å². The molecule has 0 bridgehead atoms. The van der Waals surface area contributed by atoms with Crippen molar-refractivity contribution in [3.63, 3.8) is 0 Å². The van der Waals surface area contributed by atoms with Crippen molar-refractivity contribution in [1.82, 2.24) is 19.7 Å². The standard InChI is InChI=1S/C19H16N4S/c1-12-21-16(11-24-12)19-18(17-7-4-10-23(17)22-19)14-8-9-20-15-6-3-2-5-13(14)15/h2-3,5-6,8-9,11H,4,7,10H2,1H3. The monoisotopic (exact) mass is 332 g/mol. The maximum absolute atomic E-state index is 4.90. The normalized spacial score (nSPS) is 13.5. The molecular formula is C19H16N4S. The minimum Gasteiger partial charge on any atom is -0.268 e. The van der Waals surface area contributed by atoms with Gasteiger partial charge in [0.05, 0.1) is 10.5 Å². The molecule has 4 heterocycles. The fourth-order valence-corrected chi connectivity index (χ4v) is 4.18. The maximum atomic E-state index is 4.90. The lowest BCUT2D eigenvalue weighted by atomic mass is 9.97. The van der Waals surface area contributed by atoms with E-state index in [1.807, 2.05) is 19.2 Å². The Balaban J connectivity index is 1.84. The largest absolute Gasteiger partial charge is 0.268 e. The van der Waals surface area contributed by atoms with Crippen LogP contribution in [-0.4, -0.2) is 19.7 Å². The lowest BCUT2D eigenvalue weighted by Crippen LogP contribution is -1.94. The van der Waals surface area contributed by atoms with Crippen LogP contribution in [0.25, 0.3) is 33.4 Å². The van der Waals surface area contributed by atoms with Crippen LogP contribution in [0.1, 0.15) is 17.1 Å². The molecule has 4 nitrogen and oxygen atoms in total. The smallest absolute Gasteiger partial charge is 0.120 e. The van der Waals surface area contributed by atoms with Crippen LogP contribution >= 0.6 is 11.3 Å². The van der Waals surface area contributed by atoms with Crippen molar-refractivity contribution in [2.45, 2.75) is 26.3 Å². The first-order valence-electron chi connectivity index (χ1n) is 8.17. The van der Waals surface area contributed by atoms with Gasteiger partial charge >= 0.3 is 0 Å². The predicted octanol–water partition coefficient (Wildman–Crippen LogP) is 4.48. The summed E-state index contributed by atoms with van der Waals surface area (Å²) in [6.45, 7) is 3.04. The molecule has 0 saturated heterocycles. The quantitative estimate of drug-likeness (QED) is 0.544. The summed E-state index contributed by atoms with van der Waals surface area (Å²) < 4.78 is 2.16. The van der Waals surface area contributed by atoms with Crippen LogP contribution in [0.3, 0.4) is 0 Å². The number of thiazole rings is 1. The van der Waals surface area contributed by atoms with Crippen molar-refractivity contribution in [3.05, 3.63) is 52.6 Å². The van der Waals surface area contributed by atoms with Crippen molar-refractivity contribution < 1.29 is 0 Å². The molecule has 5 heteroatoms. The maximum Gasteiger partial charge on any atom is 0.120 e. The van der Waals surface area contributed by atoms with E-state index < -0.39 is 0 Å². The zero-order chi connectivity index (χ0) is 16.1. The summed E-state index contributed by atoms with van der Waals surface area (Å²) in [6, 6.07) is 10.4. The summed E-state index contributed by atoms with van der Waals surface area (Å²) in [6.07, 6.45) is 4.13. The van der Waals surface area contributed by atoms with E-state index in [9.17, 15) is 0 Å². The van der Waals surface area contributed by atoms with Gasteiger partial charge in [-0.2, -0.15) is 5.10 Å². The second kappa shape index (κ2) is 5.24. The first-order chi connectivity index (χ1) is 11.8. The first-order valence-corrected chi connectivity index (χ1v) is 9.05. The number of hydrogen-bond donors (Lipinski definition) is 0. The molecule has 0 aliphatic carbocycles. The molecule has 0 fully saturated rings. The molecule has 0 unspecified atom stereocenters. The number of nitrogens with zero attached hydrogens (tertiary/aromatic N) is 4. The van der Waals surface area contributed by atoms with Crippen LogP contribution in [0.5, 0.6) is 0 Å². The Morgan fingerprint density at radius 1 is 1.17 bits per heavy atom. The van der Waals surface area contributed by atoms with Gasteiger partial charge in [0.1, 0.15) is 11.4 Å². The highest BCUT2D eigenvalue weighted by molar-refractivity contribution is 7.09. The van der Waals surface area contributed by atoms with Crippen LogP contribution in [0.4, 0.5) is 0 Å². The molecule has 0 spiro atoms. The van der Waals surface area contributed by atoms with Gasteiger partial charge in [0.25, 0.3) is 0 Å². The summed E-state index contributed by atoms with van der Waals surface area (Å²) in [5, 5.41) is 9.26. The second-order valence-corrected chi connectivity index (χ2v) is 7.19. The summed E-state index contributed by atoms with van der Waals surface area (Å²) in [7, 11) is 0. The van der Waals surface area contributed by atoms with Gasteiger partial charge in [-0.25, -0.2) is 4.98 Å². The van der Waals surface area contributed by atoms with Gasteiger partial charge in [-0.15, -0.1) is 11.3 Å². The highest BCUT2D eigenvalue weighted by Crippen LogP contribution is 2.40. The van der Waals surface area contributed by atoms with Gasteiger partial charge in [0.2, 0.25) is 0 Å². The Kier molecular flexibility index (Phi) is 3.03. The molecule has 0 atom stereocenters. The number of hydrogen-bond acceptors (Lipinski definition) is 4. The van der Waals surface area contributed by atoms with Crippen molar-refractivity contribution in [2.24, 2.45) is 0 Å². The Labute approximate surface area is 143 Å². The SMILES string of the molecule is Cc1nc(-c2nn3c(c2-c2ccnc4ccccc24)CCC3)cs1. The summed E-state index contributed by atoms with van der Waals surface area (Å²) in [5.41, 5.74) is 6.78. The summed E-state index contributed by atoms with van der Waals surface area (Å²) in [4.78, 5) is 9.20. The third-order valence-corrected chi connectivity index (χ3v) is 5.39. The van der Waals surface area contributed by atoms with Gasteiger partial charge in [0, 0.05) is 34.8 Å². The Hall–Kier alpha value is -2.53. The van der Waals surface area contributed by atoms with E-state index in [-0.39, 0.29) is 0 Å². The number of fused-ring (bicyclic) bond motifs is 2. The lowest BCUT2D eigenvalue weighted by Gasteiger charge is -2.08. The van der Waals surface area contributed by atoms with E-state index >= 15 is 0 Å². The minimum atomic E-state index is 0.982. The van der Waals surface area contributed by atoms with Gasteiger partial charge in [-0.1, -0.05) is 18.2 Å². The van der Waals surface area contributed by atoms with Crippen LogP contribution in [0.2, 0.25) is 0 Å². The number of pyridine rings is 1. The summed E-state index contributed by atoms with van der Waals surface area (Å²) >= 11 is 1.67. The van der Waals surface area contributed by atoms with E-state index in [0.29, 0.717) is 0 Å². The average molecular weight is 332 g/mol. The fraction of sp³-hybridized carbons (Fsp3) is 0.211. The molecule has 4 aromatic rings. The summed E-state index contributed by atoms with van der Waals surface area (Å²) in [5.74, 6) is 0. The average Bonchev–Trinajstić information content (AvgIpc) is 3.29. The molecule has 0 N–H and O–H groups in total. The second-order valence-electron chi connectivity index (χ2n) is 6.12. The highest BCUT2D eigenvalue weighted by Gasteiger charge is 2.25. The van der Waals surface area contributed by atoms with Crippen molar-refractivity contribution in [2.75, 3.05) is 0 Å². The molecule has 118 valence electrons. The zero-order valence-electron chi connectivity index (χ0n) is 13.4. The van der Waals surface area contributed by atoms with E-state index in [1.165, 1.54) is 22.2 Å². The molecule has 0 amide bonds. The number of benzene rings is 1. The molecule has 1 aliphatic heterocycles. The fourth-order valence-electron chi connectivity index (χ4n) is 3.58. The molecule has 5 rings (SSSR count). The molecule has 0 saturated carbocycles. The first kappa shape index (κ1) is 13.9. The number of para-hydroxylation sites is 1. The number of aromatic nitrogens is 4. The molecule has 0 radical (unpaired) electrons. The Morgan fingerprint density at radius 2 is 2.08 bits per heavy atom. The lowest BCUT2D eigenvalue weighted by molar-refractivity contribution is 0.658. The molecule has 3 aromatic heterocycles. The van der Waals surface area contributed by atoms with Crippen LogP contribution < -0.4 is 0 Å². The highest BCUT2D eigenvalue weighted by atomic mass is 32.1. The number of rotatable bonds is 2. The Morgan fingerprint density at radius 3 is 2.96 bits per heavy atom. The molecular weight excluding hydrogens is 316 g/mol. The zero-order valence-corrected chi connectivity index (χ0v) is 14.2. The van der Waals surface area contributed by atoms with Crippen molar-refractivity contribution in [3.8, 4) is 22.5 Å². The number of aryl methyl sites for hydroxylation is 2. The molecule has 24 heavy (non-hydrogen) atoms. The van der Waals surface area contributed by atoms with E-state index in [0.717, 1.165) is 41.3 Å². The molecule has 1 aromatic carbocycles. The van der Waals surface area contributed by atoms with Crippen LogP contribution in [0, 0.1) is 6.92 Å². The third-order valence-electron chi connectivity index (χ3n) is 4.62. The molecule has 1 aliphatic rings. The van der Waals surface area contributed by atoms with Gasteiger partial charge in [0.15, 0.2) is 0 Å². The van der Waals surface area contributed by atoms with E-state index in [2.05, 4.69) is 44.3 Å². The minimum absolute atomic E-state index is 0.982. The Bertz CT molecular complexity index is 1060. The van der Waals surface area contributed by atoms with Crippen LogP contribution in [0.15, 0.2) is 41.9 Å².